The molecule has 1 aliphatic rings. The molecule has 0 spiro atoms. The Hall–Kier alpha value is -2.33. The lowest BCUT2D eigenvalue weighted by molar-refractivity contribution is 0.0369. The van der Waals surface area contributed by atoms with Crippen LogP contribution in [0.4, 0.5) is 0 Å². The number of nitrogens with one attached hydrogen (secondary N) is 1. The number of carbonyl (C=O) groups excluding carboxylic acids is 1. The zero-order valence-corrected chi connectivity index (χ0v) is 13.2. The molecule has 3 rings (SSSR count). The Labute approximate surface area is 136 Å². The zero-order chi connectivity index (χ0) is 16.3. The van der Waals surface area contributed by atoms with Crippen molar-refractivity contribution in [3.63, 3.8) is 0 Å². The first-order chi connectivity index (χ1) is 11.1. The maximum Gasteiger partial charge on any atom is 0.255 e. The summed E-state index contributed by atoms with van der Waals surface area (Å²) in [6.07, 6.45) is 1.46. The number of carbonyl (C=O) groups is 1. The van der Waals surface area contributed by atoms with Crippen molar-refractivity contribution in [3.05, 3.63) is 65.2 Å². The minimum Gasteiger partial charge on any atom is -0.493 e. The Balaban J connectivity index is 1.73. The van der Waals surface area contributed by atoms with Gasteiger partial charge in [0.2, 0.25) is 0 Å². The summed E-state index contributed by atoms with van der Waals surface area (Å²) in [6, 6.07) is 15.0. The van der Waals surface area contributed by atoms with Gasteiger partial charge in [-0.3, -0.25) is 4.79 Å². The van der Waals surface area contributed by atoms with Crippen LogP contribution in [0.25, 0.3) is 0 Å². The molecule has 0 heterocycles. The minimum absolute atomic E-state index is 0.198. The molecule has 1 amide bonds. The molecule has 2 aromatic rings. The third kappa shape index (κ3) is 3.08. The van der Waals surface area contributed by atoms with E-state index in [2.05, 4.69) is 5.32 Å². The second kappa shape index (κ2) is 6.42. The predicted molar refractivity (Wildman–Crippen MR) is 88.6 cm³/mol. The lowest BCUT2D eigenvalue weighted by atomic mass is 9.96. The third-order valence-electron chi connectivity index (χ3n) is 4.30. The van der Waals surface area contributed by atoms with Gasteiger partial charge in [-0.05, 0) is 43.0 Å². The van der Waals surface area contributed by atoms with E-state index in [0.29, 0.717) is 24.3 Å². The van der Waals surface area contributed by atoms with Crippen molar-refractivity contribution in [2.75, 3.05) is 13.2 Å². The summed E-state index contributed by atoms with van der Waals surface area (Å²) in [5, 5.41) is 13.7. The first-order valence-corrected chi connectivity index (χ1v) is 7.95. The Morgan fingerprint density at radius 2 is 1.96 bits per heavy atom. The Kier molecular flexibility index (Phi) is 4.35. The summed E-state index contributed by atoms with van der Waals surface area (Å²) in [7, 11) is 0. The summed E-state index contributed by atoms with van der Waals surface area (Å²) in [5.41, 5.74) is 1.56. The highest BCUT2D eigenvalue weighted by Gasteiger charge is 2.36. The van der Waals surface area contributed by atoms with E-state index >= 15 is 0 Å². The largest absolute Gasteiger partial charge is 0.493 e. The summed E-state index contributed by atoms with van der Waals surface area (Å²) in [6.45, 7) is 2.58. The number of aliphatic hydroxyl groups is 1. The summed E-state index contributed by atoms with van der Waals surface area (Å²) < 4.78 is 5.49. The maximum absolute atomic E-state index is 12.4. The van der Waals surface area contributed by atoms with Gasteiger partial charge >= 0.3 is 0 Å². The fourth-order valence-corrected chi connectivity index (χ4v) is 3.11. The second-order valence-corrected chi connectivity index (χ2v) is 5.80. The molecule has 23 heavy (non-hydrogen) atoms. The molecule has 120 valence electrons. The van der Waals surface area contributed by atoms with Crippen LogP contribution < -0.4 is 10.1 Å². The molecular formula is C19H21NO3. The number of aryl methyl sites for hydroxylation is 1. The molecule has 0 aromatic heterocycles. The SMILES string of the molecule is CCOc1ccccc1C(=O)NCC1(O)CCc2ccccc21. The van der Waals surface area contributed by atoms with Crippen LogP contribution in [0.15, 0.2) is 48.5 Å². The molecule has 0 saturated carbocycles. The molecule has 4 heteroatoms. The maximum atomic E-state index is 12.4. The number of rotatable bonds is 5. The lowest BCUT2D eigenvalue weighted by Crippen LogP contribution is -2.39. The average molecular weight is 311 g/mol. The summed E-state index contributed by atoms with van der Waals surface area (Å²) in [4.78, 5) is 12.4. The van der Waals surface area contributed by atoms with E-state index in [4.69, 9.17) is 4.74 Å². The smallest absolute Gasteiger partial charge is 0.255 e. The van der Waals surface area contributed by atoms with Crippen LogP contribution in [0.3, 0.4) is 0 Å². The molecule has 0 bridgehead atoms. The van der Waals surface area contributed by atoms with Crippen molar-refractivity contribution in [3.8, 4) is 5.75 Å². The average Bonchev–Trinajstić information content (AvgIpc) is 2.92. The Morgan fingerprint density at radius 3 is 2.78 bits per heavy atom. The number of benzene rings is 2. The second-order valence-electron chi connectivity index (χ2n) is 5.80. The summed E-state index contributed by atoms with van der Waals surface area (Å²) in [5.74, 6) is 0.332. The third-order valence-corrected chi connectivity index (χ3v) is 4.30. The van der Waals surface area contributed by atoms with E-state index < -0.39 is 5.60 Å². The molecule has 0 fully saturated rings. The van der Waals surface area contributed by atoms with Crippen molar-refractivity contribution in [1.82, 2.24) is 5.32 Å². The quantitative estimate of drug-likeness (QED) is 0.892. The van der Waals surface area contributed by atoms with Gasteiger partial charge in [0, 0.05) is 0 Å². The molecule has 1 atom stereocenters. The van der Waals surface area contributed by atoms with Crippen LogP contribution in [-0.4, -0.2) is 24.2 Å². The van der Waals surface area contributed by atoms with Gasteiger partial charge in [0.15, 0.2) is 0 Å². The molecule has 1 aliphatic carbocycles. The number of hydrogen-bond donors (Lipinski definition) is 2. The molecular weight excluding hydrogens is 290 g/mol. The molecule has 2 N–H and O–H groups in total. The van der Waals surface area contributed by atoms with Crippen molar-refractivity contribution >= 4 is 5.91 Å². The lowest BCUT2D eigenvalue weighted by Gasteiger charge is -2.24. The van der Waals surface area contributed by atoms with Crippen LogP contribution in [0.1, 0.15) is 34.8 Å². The van der Waals surface area contributed by atoms with Gasteiger partial charge in [0.1, 0.15) is 11.4 Å². The number of ether oxygens (including phenoxy) is 1. The molecule has 4 nitrogen and oxygen atoms in total. The van der Waals surface area contributed by atoms with Gasteiger partial charge < -0.3 is 15.2 Å². The zero-order valence-electron chi connectivity index (χ0n) is 13.2. The standard InChI is InChI=1S/C19H21NO3/c1-2-23-17-10-6-4-8-15(17)18(21)20-13-19(22)12-11-14-7-3-5-9-16(14)19/h3-10,22H,2,11-13H2,1H3,(H,20,21). The fraction of sp³-hybridized carbons (Fsp3) is 0.316. The van der Waals surface area contributed by atoms with E-state index in [-0.39, 0.29) is 12.5 Å². The highest BCUT2D eigenvalue weighted by atomic mass is 16.5. The van der Waals surface area contributed by atoms with Crippen LogP contribution in [0, 0.1) is 0 Å². The molecule has 0 saturated heterocycles. The van der Waals surface area contributed by atoms with Gasteiger partial charge in [-0.2, -0.15) is 0 Å². The summed E-state index contributed by atoms with van der Waals surface area (Å²) >= 11 is 0. The Morgan fingerprint density at radius 1 is 1.22 bits per heavy atom. The Bertz CT molecular complexity index is 713. The van der Waals surface area contributed by atoms with Crippen LogP contribution in [0.2, 0.25) is 0 Å². The van der Waals surface area contributed by atoms with E-state index in [9.17, 15) is 9.90 Å². The predicted octanol–water partition coefficient (Wildman–Crippen LogP) is 2.65. The van der Waals surface area contributed by atoms with Gasteiger partial charge in [0.05, 0.1) is 18.7 Å². The van der Waals surface area contributed by atoms with Crippen molar-refractivity contribution in [2.45, 2.75) is 25.4 Å². The normalized spacial score (nSPS) is 19.2. The highest BCUT2D eigenvalue weighted by molar-refractivity contribution is 5.96. The molecule has 0 aliphatic heterocycles. The van der Waals surface area contributed by atoms with E-state index in [1.807, 2.05) is 37.3 Å². The molecule has 2 aromatic carbocycles. The monoisotopic (exact) mass is 311 g/mol. The van der Waals surface area contributed by atoms with E-state index in [0.717, 1.165) is 17.5 Å². The van der Waals surface area contributed by atoms with Crippen LogP contribution in [-0.2, 0) is 12.0 Å². The first-order valence-electron chi connectivity index (χ1n) is 7.95. The topological polar surface area (TPSA) is 58.6 Å². The van der Waals surface area contributed by atoms with Crippen molar-refractivity contribution in [1.29, 1.82) is 0 Å². The van der Waals surface area contributed by atoms with Gasteiger partial charge in [-0.15, -0.1) is 0 Å². The number of fused-ring (bicyclic) bond motifs is 1. The van der Waals surface area contributed by atoms with Gasteiger partial charge in [-0.25, -0.2) is 0 Å². The van der Waals surface area contributed by atoms with E-state index in [1.54, 1.807) is 18.2 Å². The highest BCUT2D eigenvalue weighted by Crippen LogP contribution is 2.36. The van der Waals surface area contributed by atoms with Gasteiger partial charge in [0.25, 0.3) is 5.91 Å². The number of amides is 1. The fourth-order valence-electron chi connectivity index (χ4n) is 3.11. The van der Waals surface area contributed by atoms with Crippen LogP contribution >= 0.6 is 0 Å². The number of hydrogen-bond acceptors (Lipinski definition) is 3. The van der Waals surface area contributed by atoms with Gasteiger partial charge in [-0.1, -0.05) is 36.4 Å². The minimum atomic E-state index is -0.993. The molecule has 1 unspecified atom stereocenters. The molecule has 0 radical (unpaired) electrons. The van der Waals surface area contributed by atoms with E-state index in [1.165, 1.54) is 0 Å². The van der Waals surface area contributed by atoms with Crippen molar-refractivity contribution < 1.29 is 14.6 Å². The first kappa shape index (κ1) is 15.6. The van der Waals surface area contributed by atoms with Crippen molar-refractivity contribution in [2.24, 2.45) is 0 Å². The number of para-hydroxylation sites is 1. The van der Waals surface area contributed by atoms with Crippen LogP contribution in [0.5, 0.6) is 5.75 Å².